The summed E-state index contributed by atoms with van der Waals surface area (Å²) in [5, 5.41) is 9.36. The highest BCUT2D eigenvalue weighted by molar-refractivity contribution is 8.55. The van der Waals surface area contributed by atoms with Gasteiger partial charge in [-0.25, -0.2) is 24.3 Å². The van der Waals surface area contributed by atoms with E-state index in [-0.39, 0.29) is 44.1 Å². The number of anilines is 1. The minimum absolute atomic E-state index is 0.0229. The Kier molecular flexibility index (Phi) is 9.93. The molecular weight excluding hydrogens is 453 g/mol. The van der Waals surface area contributed by atoms with E-state index >= 15 is 0 Å². The van der Waals surface area contributed by atoms with Crippen molar-refractivity contribution in [2.75, 3.05) is 38.6 Å². The number of nitrogens with zero attached hydrogens (tertiary/aromatic N) is 4. The Hall–Kier alpha value is -1.96. The molecule has 0 spiro atoms. The van der Waals surface area contributed by atoms with Crippen molar-refractivity contribution in [1.82, 2.24) is 19.5 Å². The summed E-state index contributed by atoms with van der Waals surface area (Å²) < 4.78 is 39.7. The van der Waals surface area contributed by atoms with Crippen molar-refractivity contribution in [2.45, 2.75) is 32.6 Å². The molecule has 31 heavy (non-hydrogen) atoms. The van der Waals surface area contributed by atoms with Crippen molar-refractivity contribution < 1.29 is 37.7 Å². The highest BCUT2D eigenvalue weighted by atomic mass is 32.7. The number of imidazole rings is 1. The molecule has 2 aromatic heterocycles. The number of aliphatic hydroxyl groups excluding tert-OH is 1. The predicted molar refractivity (Wildman–Crippen MR) is 112 cm³/mol. The van der Waals surface area contributed by atoms with Gasteiger partial charge in [0.2, 0.25) is 0 Å². The number of rotatable bonds is 13. The van der Waals surface area contributed by atoms with Crippen LogP contribution in [0.15, 0.2) is 12.7 Å². The van der Waals surface area contributed by atoms with E-state index in [2.05, 4.69) is 15.0 Å². The number of ether oxygens (including phenoxy) is 3. The van der Waals surface area contributed by atoms with Gasteiger partial charge in [-0.2, -0.15) is 0 Å². The molecule has 174 valence electrons. The largest absolute Gasteiger partial charge is 0.509 e. The van der Waals surface area contributed by atoms with Gasteiger partial charge < -0.3 is 29.6 Å². The summed E-state index contributed by atoms with van der Waals surface area (Å²) in [5.41, 5.74) is 6.66. The molecule has 15 heteroatoms. The van der Waals surface area contributed by atoms with Crippen LogP contribution in [0, 0.1) is 0 Å². The van der Waals surface area contributed by atoms with Crippen LogP contribution in [-0.4, -0.2) is 69.8 Å². The number of aliphatic hydroxyl groups is 1. The van der Waals surface area contributed by atoms with E-state index in [4.69, 9.17) is 29.0 Å². The Labute approximate surface area is 182 Å². The Bertz CT molecular complexity index is 898. The van der Waals surface area contributed by atoms with Crippen molar-refractivity contribution in [1.29, 1.82) is 0 Å². The van der Waals surface area contributed by atoms with Crippen LogP contribution in [0.2, 0.25) is 0 Å². The molecule has 2 atom stereocenters. The average Bonchev–Trinajstić information content (AvgIpc) is 3.15. The third kappa shape index (κ3) is 7.59. The first-order chi connectivity index (χ1) is 14.8. The molecule has 0 aliphatic heterocycles. The second-order valence-electron chi connectivity index (χ2n) is 6.19. The van der Waals surface area contributed by atoms with Gasteiger partial charge in [-0.1, -0.05) is 0 Å². The zero-order valence-electron chi connectivity index (χ0n) is 17.4. The lowest BCUT2D eigenvalue weighted by atomic mass is 10.4. The minimum Gasteiger partial charge on any atom is -0.432 e. The molecule has 2 rings (SSSR count). The molecule has 3 N–H and O–H groups in total. The molecule has 0 radical (unpaired) electrons. The number of carbonyl (C=O) groups excluding carboxylic acids is 1. The Morgan fingerprint density at radius 1 is 1.32 bits per heavy atom. The number of nitrogen functional groups attached to an aromatic ring is 1. The third-order valence-electron chi connectivity index (χ3n) is 3.66. The van der Waals surface area contributed by atoms with Gasteiger partial charge in [0.1, 0.15) is 18.1 Å². The van der Waals surface area contributed by atoms with E-state index in [9.17, 15) is 14.5 Å². The second kappa shape index (κ2) is 12.2. The normalized spacial score (nSPS) is 14.5. The van der Waals surface area contributed by atoms with Gasteiger partial charge in [-0.3, -0.25) is 9.09 Å². The number of hydrogen-bond acceptors (Lipinski definition) is 13. The first-order valence-electron chi connectivity index (χ1n) is 9.23. The van der Waals surface area contributed by atoms with Crippen molar-refractivity contribution in [3.05, 3.63) is 12.7 Å². The van der Waals surface area contributed by atoms with Crippen molar-refractivity contribution in [3.8, 4) is 0 Å². The second-order valence-corrected chi connectivity index (χ2v) is 10.3. The molecule has 0 aliphatic carbocycles. The van der Waals surface area contributed by atoms with E-state index in [0.717, 1.165) is 0 Å². The molecule has 0 fully saturated rings. The number of fused-ring (bicyclic) bond motifs is 1. The molecule has 0 aromatic carbocycles. The predicted octanol–water partition coefficient (Wildman–Crippen LogP) is 2.33. The Morgan fingerprint density at radius 2 is 2.10 bits per heavy atom. The first kappa shape index (κ1) is 25.3. The zero-order valence-corrected chi connectivity index (χ0v) is 19.1. The van der Waals surface area contributed by atoms with E-state index in [0.29, 0.717) is 22.5 Å². The molecule has 0 saturated heterocycles. The molecular formula is C16H26N5O8PS. The topological polar surface area (TPSA) is 170 Å². The Morgan fingerprint density at radius 3 is 2.77 bits per heavy atom. The minimum atomic E-state index is -3.57. The van der Waals surface area contributed by atoms with Crippen LogP contribution >= 0.6 is 18.2 Å². The van der Waals surface area contributed by atoms with Crippen molar-refractivity contribution in [2.24, 2.45) is 0 Å². The Balaban J connectivity index is 1.86. The standard InChI is InChI=1S/C16H26N5O8PS/c1-11(2)29-16(23)27-10-31-30(24,25-3)28-7-6-26-12(4-5-22)21-9-20-13-14(17)18-8-19-15(13)21/h8-9,11-12,22H,4-7,10H2,1-3H3,(H2,17,18,19)/t12-,30?/m1/s1. The van der Waals surface area contributed by atoms with E-state index in [1.54, 1.807) is 18.4 Å². The van der Waals surface area contributed by atoms with Crippen molar-refractivity contribution in [3.63, 3.8) is 0 Å². The lowest BCUT2D eigenvalue weighted by Gasteiger charge is -2.20. The zero-order chi connectivity index (χ0) is 22.9. The summed E-state index contributed by atoms with van der Waals surface area (Å²) in [6, 6.07) is 0. The van der Waals surface area contributed by atoms with Gasteiger partial charge in [0.25, 0.3) is 0 Å². The van der Waals surface area contributed by atoms with Gasteiger partial charge in [0.05, 0.1) is 25.6 Å². The highest BCUT2D eigenvalue weighted by Crippen LogP contribution is 2.59. The fourth-order valence-electron chi connectivity index (χ4n) is 2.34. The molecule has 2 heterocycles. The summed E-state index contributed by atoms with van der Waals surface area (Å²) in [6.45, 7) is -0.431. The van der Waals surface area contributed by atoms with Crippen LogP contribution < -0.4 is 5.73 Å². The van der Waals surface area contributed by atoms with Crippen LogP contribution in [0.4, 0.5) is 10.6 Å². The van der Waals surface area contributed by atoms with Gasteiger partial charge >= 0.3 is 13.0 Å². The average molecular weight is 479 g/mol. The quantitative estimate of drug-likeness (QED) is 0.186. The summed E-state index contributed by atoms with van der Waals surface area (Å²) >= 11 is 0.696. The van der Waals surface area contributed by atoms with Crippen LogP contribution in [0.25, 0.3) is 11.2 Å². The molecule has 0 bridgehead atoms. The smallest absolute Gasteiger partial charge is 0.432 e. The first-order valence-corrected chi connectivity index (χ1v) is 12.4. The number of hydrogen-bond donors (Lipinski definition) is 2. The van der Waals surface area contributed by atoms with E-state index in [1.165, 1.54) is 19.8 Å². The number of carbonyl (C=O) groups is 1. The summed E-state index contributed by atoms with van der Waals surface area (Å²) in [5.74, 6) is -0.0420. The maximum absolute atomic E-state index is 12.5. The lowest BCUT2D eigenvalue weighted by molar-refractivity contribution is -0.0236. The van der Waals surface area contributed by atoms with Gasteiger partial charge in [-0.15, -0.1) is 0 Å². The molecule has 0 amide bonds. The molecule has 1 unspecified atom stereocenters. The summed E-state index contributed by atoms with van der Waals surface area (Å²) in [6.07, 6.45) is 1.22. The van der Waals surface area contributed by atoms with Gasteiger partial charge in [-0.05, 0) is 13.8 Å². The van der Waals surface area contributed by atoms with Gasteiger partial charge in [0, 0.05) is 31.5 Å². The van der Waals surface area contributed by atoms with Crippen LogP contribution in [0.1, 0.15) is 26.5 Å². The van der Waals surface area contributed by atoms with Crippen molar-refractivity contribution >= 4 is 41.3 Å². The molecule has 0 aliphatic rings. The number of nitrogens with two attached hydrogens (primary N) is 1. The SMILES string of the molecule is COP(=O)(OCCO[C@H](CCO)n1cnc2c(N)ncnc21)SCOC(=O)OC(C)C. The fraction of sp³-hybridized carbons (Fsp3) is 0.625. The molecule has 2 aromatic rings. The van der Waals surface area contributed by atoms with Gasteiger partial charge in [0.15, 0.2) is 17.4 Å². The molecule has 0 saturated carbocycles. The van der Waals surface area contributed by atoms with Crippen LogP contribution in [-0.2, 0) is 27.8 Å². The van der Waals surface area contributed by atoms with Crippen LogP contribution in [0.5, 0.6) is 0 Å². The summed E-state index contributed by atoms with van der Waals surface area (Å²) in [7, 11) is 1.22. The molecule has 13 nitrogen and oxygen atoms in total. The number of aromatic nitrogens is 4. The maximum atomic E-state index is 12.5. The fourth-order valence-corrected chi connectivity index (χ4v) is 4.51. The highest BCUT2D eigenvalue weighted by Gasteiger charge is 2.26. The van der Waals surface area contributed by atoms with E-state index < -0.39 is 19.2 Å². The van der Waals surface area contributed by atoms with E-state index in [1.807, 2.05) is 0 Å². The lowest BCUT2D eigenvalue weighted by Crippen LogP contribution is -2.17. The monoisotopic (exact) mass is 479 g/mol. The maximum Gasteiger partial charge on any atom is 0.509 e. The third-order valence-corrected chi connectivity index (χ3v) is 7.17. The summed E-state index contributed by atoms with van der Waals surface area (Å²) in [4.78, 5) is 23.6. The van der Waals surface area contributed by atoms with Crippen LogP contribution in [0.3, 0.4) is 0 Å².